The van der Waals surface area contributed by atoms with E-state index >= 15 is 0 Å². The fraction of sp³-hybridized carbons (Fsp3) is 0.167. The molecule has 1 N–H and O–H groups in total. The van der Waals surface area contributed by atoms with Crippen LogP contribution in [0.5, 0.6) is 0 Å². The second-order valence-electron chi connectivity index (χ2n) is 5.63. The van der Waals surface area contributed by atoms with Gasteiger partial charge in [0.2, 0.25) is 5.78 Å². The predicted octanol–water partition coefficient (Wildman–Crippen LogP) is 4.94. The number of Topliss-reactive ketones (excluding diaryl/α,β-unsaturated/α-hetero) is 1. The standard InChI is InChI=1S/C18H16BrN3O/c1-11(2)12-3-6-14(7-4-12)22-20-10-17-18(23)15-9-13(19)5-8-16(15)21-17/h3-11,22H,1-2H3/b20-10+. The van der Waals surface area contributed by atoms with Gasteiger partial charge >= 0.3 is 0 Å². The summed E-state index contributed by atoms with van der Waals surface area (Å²) in [5.74, 6) is 0.387. The molecule has 0 amide bonds. The molecule has 1 aliphatic heterocycles. The molecule has 0 atom stereocenters. The fourth-order valence-electron chi connectivity index (χ4n) is 2.30. The van der Waals surface area contributed by atoms with Crippen LogP contribution in [0.4, 0.5) is 11.4 Å². The number of hydrogen-bond acceptors (Lipinski definition) is 4. The summed E-state index contributed by atoms with van der Waals surface area (Å²) >= 11 is 3.36. The number of rotatable bonds is 4. The highest BCUT2D eigenvalue weighted by atomic mass is 79.9. The minimum absolute atomic E-state index is 0.109. The van der Waals surface area contributed by atoms with Crippen molar-refractivity contribution < 1.29 is 4.79 Å². The van der Waals surface area contributed by atoms with Gasteiger partial charge in [-0.25, -0.2) is 4.99 Å². The number of aliphatic imine (C=N–C) groups is 1. The quantitative estimate of drug-likeness (QED) is 0.612. The summed E-state index contributed by atoms with van der Waals surface area (Å²) in [7, 11) is 0. The molecule has 0 saturated heterocycles. The number of nitrogens with zero attached hydrogens (tertiary/aromatic N) is 2. The number of ketones is 1. The first-order valence-electron chi connectivity index (χ1n) is 7.36. The Balaban J connectivity index is 1.69. The molecule has 0 spiro atoms. The molecule has 3 rings (SSSR count). The molecule has 2 aromatic carbocycles. The van der Waals surface area contributed by atoms with Crippen molar-refractivity contribution in [3.63, 3.8) is 0 Å². The van der Waals surface area contributed by atoms with Gasteiger partial charge in [-0.15, -0.1) is 0 Å². The number of nitrogens with one attached hydrogen (secondary N) is 1. The molecule has 0 unspecified atom stereocenters. The van der Waals surface area contributed by atoms with Gasteiger partial charge < -0.3 is 0 Å². The van der Waals surface area contributed by atoms with Crippen molar-refractivity contribution in [3.8, 4) is 0 Å². The van der Waals surface area contributed by atoms with Gasteiger partial charge in [0, 0.05) is 4.47 Å². The molecule has 1 heterocycles. The number of hydrazone groups is 1. The zero-order chi connectivity index (χ0) is 16.4. The Bertz CT molecular complexity index is 808. The van der Waals surface area contributed by atoms with Crippen LogP contribution >= 0.6 is 15.9 Å². The second-order valence-corrected chi connectivity index (χ2v) is 6.55. The van der Waals surface area contributed by atoms with E-state index in [0.717, 1.165) is 10.2 Å². The van der Waals surface area contributed by atoms with Gasteiger partial charge in [0.25, 0.3) is 0 Å². The summed E-state index contributed by atoms with van der Waals surface area (Å²) in [5.41, 5.74) is 6.69. The van der Waals surface area contributed by atoms with E-state index in [1.165, 1.54) is 11.8 Å². The Morgan fingerprint density at radius 3 is 2.61 bits per heavy atom. The zero-order valence-corrected chi connectivity index (χ0v) is 14.5. The van der Waals surface area contributed by atoms with Crippen LogP contribution in [0.1, 0.15) is 35.7 Å². The second kappa shape index (κ2) is 6.46. The van der Waals surface area contributed by atoms with Crippen LogP contribution in [-0.2, 0) is 0 Å². The van der Waals surface area contributed by atoms with E-state index in [9.17, 15) is 4.79 Å². The average molecular weight is 370 g/mol. The van der Waals surface area contributed by atoms with Crippen LogP contribution in [0.15, 0.2) is 57.0 Å². The van der Waals surface area contributed by atoms with Crippen molar-refractivity contribution in [2.45, 2.75) is 19.8 Å². The van der Waals surface area contributed by atoms with Crippen molar-refractivity contribution in [2.75, 3.05) is 5.43 Å². The lowest BCUT2D eigenvalue weighted by atomic mass is 10.0. The maximum absolute atomic E-state index is 12.2. The van der Waals surface area contributed by atoms with Gasteiger partial charge in [-0.05, 0) is 41.8 Å². The van der Waals surface area contributed by atoms with Crippen molar-refractivity contribution in [3.05, 3.63) is 58.1 Å². The number of carbonyl (C=O) groups is 1. The zero-order valence-electron chi connectivity index (χ0n) is 12.9. The summed E-state index contributed by atoms with van der Waals surface area (Å²) in [6.45, 7) is 4.31. The molecular formula is C18H16BrN3O. The largest absolute Gasteiger partial charge is 0.287 e. The van der Waals surface area contributed by atoms with E-state index in [4.69, 9.17) is 0 Å². The van der Waals surface area contributed by atoms with Crippen LogP contribution in [0.25, 0.3) is 0 Å². The Morgan fingerprint density at radius 2 is 1.91 bits per heavy atom. The molecule has 0 fully saturated rings. The van der Waals surface area contributed by atoms with Crippen molar-refractivity contribution in [1.82, 2.24) is 0 Å². The van der Waals surface area contributed by atoms with Crippen LogP contribution in [0.2, 0.25) is 0 Å². The highest BCUT2D eigenvalue weighted by molar-refractivity contribution is 9.10. The lowest BCUT2D eigenvalue weighted by Crippen LogP contribution is -2.11. The van der Waals surface area contributed by atoms with Crippen molar-refractivity contribution in [2.24, 2.45) is 10.1 Å². The molecule has 0 saturated carbocycles. The molecule has 0 bridgehead atoms. The number of halogens is 1. The summed E-state index contributed by atoms with van der Waals surface area (Å²) in [6, 6.07) is 13.5. The number of anilines is 1. The lowest BCUT2D eigenvalue weighted by Gasteiger charge is -2.06. The maximum atomic E-state index is 12.2. The highest BCUT2D eigenvalue weighted by Crippen LogP contribution is 2.29. The fourth-order valence-corrected chi connectivity index (χ4v) is 2.67. The van der Waals surface area contributed by atoms with Gasteiger partial charge in [-0.1, -0.05) is 41.9 Å². The van der Waals surface area contributed by atoms with E-state index in [-0.39, 0.29) is 5.78 Å². The van der Waals surface area contributed by atoms with E-state index < -0.39 is 0 Å². The molecule has 1 aliphatic rings. The van der Waals surface area contributed by atoms with Gasteiger partial charge in [0.1, 0.15) is 5.71 Å². The molecule has 23 heavy (non-hydrogen) atoms. The topological polar surface area (TPSA) is 53.8 Å². The number of fused-ring (bicyclic) bond motifs is 1. The van der Waals surface area contributed by atoms with Crippen molar-refractivity contribution in [1.29, 1.82) is 0 Å². The normalized spacial score (nSPS) is 13.6. The van der Waals surface area contributed by atoms with Crippen LogP contribution in [0.3, 0.4) is 0 Å². The summed E-state index contributed by atoms with van der Waals surface area (Å²) in [4.78, 5) is 16.5. The van der Waals surface area contributed by atoms with Gasteiger partial charge in [-0.2, -0.15) is 5.10 Å². The van der Waals surface area contributed by atoms with Crippen LogP contribution in [0, 0.1) is 0 Å². The molecule has 4 nitrogen and oxygen atoms in total. The van der Waals surface area contributed by atoms with Crippen LogP contribution < -0.4 is 5.43 Å². The smallest absolute Gasteiger partial charge is 0.215 e. The molecular weight excluding hydrogens is 354 g/mol. The van der Waals surface area contributed by atoms with E-state index in [0.29, 0.717) is 22.9 Å². The van der Waals surface area contributed by atoms with Crippen LogP contribution in [-0.4, -0.2) is 17.7 Å². The lowest BCUT2D eigenvalue weighted by molar-refractivity contribution is 0.107. The average Bonchev–Trinajstić information content (AvgIpc) is 2.84. The third-order valence-electron chi connectivity index (χ3n) is 3.63. The van der Waals surface area contributed by atoms with E-state index in [1.54, 1.807) is 6.07 Å². The third-order valence-corrected chi connectivity index (χ3v) is 4.13. The molecule has 2 aromatic rings. The maximum Gasteiger partial charge on any atom is 0.215 e. The SMILES string of the molecule is CC(C)c1ccc(N/N=C/C2=Nc3ccc(Br)cc3C2=O)cc1. The predicted molar refractivity (Wildman–Crippen MR) is 98.2 cm³/mol. The number of hydrogen-bond donors (Lipinski definition) is 1. The van der Waals surface area contributed by atoms with Gasteiger partial charge in [-0.3, -0.25) is 10.2 Å². The number of carbonyl (C=O) groups excluding carboxylic acids is 1. The Labute approximate surface area is 143 Å². The minimum Gasteiger partial charge on any atom is -0.287 e. The monoisotopic (exact) mass is 369 g/mol. The minimum atomic E-state index is -0.109. The van der Waals surface area contributed by atoms with Gasteiger partial charge in [0.15, 0.2) is 0 Å². The molecule has 116 valence electrons. The molecule has 0 aliphatic carbocycles. The molecule has 5 heteroatoms. The van der Waals surface area contributed by atoms with Crippen molar-refractivity contribution >= 4 is 45.0 Å². The first kappa shape index (κ1) is 15.6. The Kier molecular flexibility index (Phi) is 4.39. The first-order valence-corrected chi connectivity index (χ1v) is 8.16. The number of benzene rings is 2. The van der Waals surface area contributed by atoms with E-state index in [2.05, 4.69) is 57.4 Å². The van der Waals surface area contributed by atoms with Gasteiger partial charge in [0.05, 0.1) is 23.2 Å². The summed E-state index contributed by atoms with van der Waals surface area (Å²) in [6.07, 6.45) is 1.46. The summed E-state index contributed by atoms with van der Waals surface area (Å²) in [5, 5.41) is 4.12. The highest BCUT2D eigenvalue weighted by Gasteiger charge is 2.23. The molecule has 0 radical (unpaired) electrons. The Hall–Kier alpha value is -2.27. The third kappa shape index (κ3) is 3.40. The molecule has 0 aromatic heterocycles. The van der Waals surface area contributed by atoms with E-state index in [1.807, 2.05) is 24.3 Å². The summed E-state index contributed by atoms with van der Waals surface area (Å²) < 4.78 is 0.862. The Morgan fingerprint density at radius 1 is 1.17 bits per heavy atom. The first-order chi connectivity index (χ1) is 11.0.